The molecule has 0 nitrogen and oxygen atoms in total. The summed E-state index contributed by atoms with van der Waals surface area (Å²) in [6.45, 7) is 6.81. The highest BCUT2D eigenvalue weighted by Gasteiger charge is 2.09. The summed E-state index contributed by atoms with van der Waals surface area (Å²) in [5.41, 5.74) is 2.93. The summed E-state index contributed by atoms with van der Waals surface area (Å²) in [5.74, 6) is 0.949. The first-order valence-electron chi connectivity index (χ1n) is 14.8. The summed E-state index contributed by atoms with van der Waals surface area (Å²) in [6.07, 6.45) is 31.7. The molecular weight excluding hydrogens is 384 g/mol. The number of hydrogen-bond donors (Lipinski definition) is 0. The van der Waals surface area contributed by atoms with Crippen LogP contribution < -0.4 is 0 Å². The van der Waals surface area contributed by atoms with Crippen LogP contribution in [0.5, 0.6) is 0 Å². The van der Waals surface area contributed by atoms with E-state index in [9.17, 15) is 0 Å². The summed E-state index contributed by atoms with van der Waals surface area (Å²) in [5, 5.41) is 0. The van der Waals surface area contributed by atoms with Gasteiger partial charge in [-0.25, -0.2) is 0 Å². The predicted octanol–water partition coefficient (Wildman–Crippen LogP) is 11.4. The molecule has 0 aromatic heterocycles. The summed E-state index contributed by atoms with van der Waals surface area (Å²) < 4.78 is 0. The zero-order valence-corrected chi connectivity index (χ0v) is 22.4. The molecule has 0 aliphatic heterocycles. The second-order valence-corrected chi connectivity index (χ2v) is 10.6. The van der Waals surface area contributed by atoms with Crippen LogP contribution in [0.15, 0.2) is 24.3 Å². The van der Waals surface area contributed by atoms with Gasteiger partial charge in [0.1, 0.15) is 0 Å². The van der Waals surface area contributed by atoms with E-state index in [1.54, 1.807) is 5.56 Å². The van der Waals surface area contributed by atoms with Crippen molar-refractivity contribution in [3.05, 3.63) is 35.4 Å². The Hall–Kier alpha value is -0.780. The first-order valence-corrected chi connectivity index (χ1v) is 14.8. The molecule has 0 spiro atoms. The van der Waals surface area contributed by atoms with E-state index in [-0.39, 0.29) is 0 Å². The van der Waals surface area contributed by atoms with Crippen molar-refractivity contribution in [2.75, 3.05) is 0 Å². The molecule has 0 saturated carbocycles. The zero-order chi connectivity index (χ0) is 23.1. The monoisotopic (exact) mass is 442 g/mol. The number of unbranched alkanes of at least 4 members (excludes halogenated alkanes) is 16. The Balaban J connectivity index is 2.19. The molecule has 0 saturated heterocycles. The van der Waals surface area contributed by atoms with E-state index in [1.807, 2.05) is 0 Å². The van der Waals surface area contributed by atoms with Gasteiger partial charge in [0, 0.05) is 0 Å². The number of aryl methyl sites for hydroxylation is 2. The van der Waals surface area contributed by atoms with Gasteiger partial charge in [0.2, 0.25) is 0 Å². The number of rotatable bonds is 23. The van der Waals surface area contributed by atoms with Gasteiger partial charge in [-0.15, -0.1) is 0 Å². The van der Waals surface area contributed by atoms with Crippen LogP contribution in [0.25, 0.3) is 0 Å². The Bertz CT molecular complexity index is 485. The summed E-state index contributed by atoms with van der Waals surface area (Å²) >= 11 is 0. The molecule has 1 unspecified atom stereocenters. The van der Waals surface area contributed by atoms with E-state index in [0.717, 1.165) is 5.92 Å². The minimum atomic E-state index is 0.949. The Morgan fingerprint density at radius 2 is 0.844 bits per heavy atom. The van der Waals surface area contributed by atoms with E-state index in [4.69, 9.17) is 0 Å². The van der Waals surface area contributed by atoms with Gasteiger partial charge in [-0.3, -0.25) is 0 Å². The fourth-order valence-corrected chi connectivity index (χ4v) is 5.05. The molecule has 0 aliphatic rings. The van der Waals surface area contributed by atoms with Crippen molar-refractivity contribution >= 4 is 0 Å². The van der Waals surface area contributed by atoms with E-state index < -0.39 is 0 Å². The second kappa shape index (κ2) is 22.0. The third kappa shape index (κ3) is 17.7. The van der Waals surface area contributed by atoms with E-state index in [2.05, 4.69) is 45.0 Å². The molecule has 0 bridgehead atoms. The minimum Gasteiger partial charge on any atom is -0.0654 e. The highest BCUT2D eigenvalue weighted by Crippen LogP contribution is 2.24. The maximum atomic E-state index is 2.35. The van der Waals surface area contributed by atoms with Crippen LogP contribution in [0.4, 0.5) is 0 Å². The summed E-state index contributed by atoms with van der Waals surface area (Å²) in [7, 11) is 0. The van der Waals surface area contributed by atoms with Crippen molar-refractivity contribution in [3.8, 4) is 0 Å². The zero-order valence-electron chi connectivity index (χ0n) is 22.4. The lowest BCUT2D eigenvalue weighted by Gasteiger charge is -2.17. The topological polar surface area (TPSA) is 0 Å². The van der Waals surface area contributed by atoms with Crippen LogP contribution in [-0.4, -0.2) is 0 Å². The first-order chi connectivity index (χ1) is 15.8. The number of benzene rings is 1. The lowest BCUT2D eigenvalue weighted by molar-refractivity contribution is 0.380. The molecule has 0 heteroatoms. The van der Waals surface area contributed by atoms with Gasteiger partial charge in [-0.2, -0.15) is 0 Å². The molecule has 0 N–H and O–H groups in total. The average Bonchev–Trinajstić information content (AvgIpc) is 2.80. The van der Waals surface area contributed by atoms with Crippen LogP contribution in [0.3, 0.4) is 0 Å². The Kier molecular flexibility index (Phi) is 20.1. The average molecular weight is 443 g/mol. The predicted molar refractivity (Wildman–Crippen MR) is 147 cm³/mol. The molecule has 1 aromatic rings. The molecular formula is C32H58. The van der Waals surface area contributed by atoms with Crippen molar-refractivity contribution in [2.45, 2.75) is 162 Å². The smallest absolute Gasteiger partial charge is 0.0276 e. The second-order valence-electron chi connectivity index (χ2n) is 10.6. The summed E-state index contributed by atoms with van der Waals surface area (Å²) in [4.78, 5) is 0. The highest BCUT2D eigenvalue weighted by molar-refractivity contribution is 5.21. The Labute approximate surface area is 203 Å². The fourth-order valence-electron chi connectivity index (χ4n) is 5.05. The quantitative estimate of drug-likeness (QED) is 0.148. The number of hydrogen-bond acceptors (Lipinski definition) is 0. The molecule has 0 aliphatic carbocycles. The van der Waals surface area contributed by atoms with E-state index >= 15 is 0 Å². The lowest BCUT2D eigenvalue weighted by Crippen LogP contribution is -2.03. The molecule has 0 heterocycles. The fraction of sp³-hybridized carbons (Fsp3) is 0.812. The molecule has 1 aromatic carbocycles. The van der Waals surface area contributed by atoms with Gasteiger partial charge in [-0.05, 0) is 31.2 Å². The molecule has 0 fully saturated rings. The van der Waals surface area contributed by atoms with Gasteiger partial charge < -0.3 is 0 Å². The minimum absolute atomic E-state index is 0.949. The van der Waals surface area contributed by atoms with Crippen molar-refractivity contribution in [1.82, 2.24) is 0 Å². The largest absolute Gasteiger partial charge is 0.0654 e. The van der Waals surface area contributed by atoms with Crippen molar-refractivity contribution in [3.63, 3.8) is 0 Å². The van der Waals surface area contributed by atoms with Crippen LogP contribution in [0.1, 0.15) is 160 Å². The van der Waals surface area contributed by atoms with Gasteiger partial charge in [0.05, 0.1) is 0 Å². The van der Waals surface area contributed by atoms with Gasteiger partial charge in [0.15, 0.2) is 0 Å². The molecule has 32 heavy (non-hydrogen) atoms. The maximum absolute atomic E-state index is 2.35. The van der Waals surface area contributed by atoms with Gasteiger partial charge in [0.25, 0.3) is 0 Å². The van der Waals surface area contributed by atoms with Crippen molar-refractivity contribution in [2.24, 2.45) is 5.92 Å². The van der Waals surface area contributed by atoms with Crippen molar-refractivity contribution in [1.29, 1.82) is 0 Å². The maximum Gasteiger partial charge on any atom is -0.0276 e. The first kappa shape index (κ1) is 29.3. The highest BCUT2D eigenvalue weighted by atomic mass is 14.2. The van der Waals surface area contributed by atoms with Crippen LogP contribution in [0.2, 0.25) is 0 Å². The lowest BCUT2D eigenvalue weighted by atomic mass is 9.89. The van der Waals surface area contributed by atoms with Crippen molar-refractivity contribution < 1.29 is 0 Å². The Morgan fingerprint density at radius 1 is 0.469 bits per heavy atom. The van der Waals surface area contributed by atoms with Crippen LogP contribution in [0, 0.1) is 12.8 Å². The third-order valence-corrected chi connectivity index (χ3v) is 7.39. The van der Waals surface area contributed by atoms with Gasteiger partial charge in [-0.1, -0.05) is 172 Å². The third-order valence-electron chi connectivity index (χ3n) is 7.39. The normalized spacial score (nSPS) is 12.3. The molecule has 1 atom stereocenters. The molecule has 0 radical (unpaired) electrons. The summed E-state index contributed by atoms with van der Waals surface area (Å²) in [6, 6.07) is 9.27. The molecule has 0 amide bonds. The standard InChI is InChI=1S/C32H58/c1-4-6-8-10-12-14-15-17-19-21-23-31(22-20-18-16-13-11-9-7-5-2)28-29-32-26-24-30(3)25-27-32/h24-27,31H,4-23,28-29H2,1-3H3. The SMILES string of the molecule is CCCCCCCCCCCCC(CCCCCCCCCC)CCc1ccc(C)cc1. The molecule has 186 valence electrons. The van der Waals surface area contributed by atoms with E-state index in [1.165, 1.54) is 147 Å². The van der Waals surface area contributed by atoms with Gasteiger partial charge >= 0.3 is 0 Å². The van der Waals surface area contributed by atoms with Crippen LogP contribution >= 0.6 is 0 Å². The molecule has 1 rings (SSSR count). The Morgan fingerprint density at radius 3 is 1.25 bits per heavy atom. The van der Waals surface area contributed by atoms with E-state index in [0.29, 0.717) is 0 Å². The van der Waals surface area contributed by atoms with Crippen LogP contribution in [-0.2, 0) is 6.42 Å².